The Kier molecular flexibility index (Phi) is 8.71. The molecule has 1 heterocycles. The molecule has 0 saturated carbocycles. The maximum Gasteiger partial charge on any atom is 1.00 e. The number of hydrogen-bond acceptors (Lipinski definition) is 4. The molecule has 0 spiro atoms. The van der Waals surface area contributed by atoms with Crippen molar-refractivity contribution in [1.29, 1.82) is 0 Å². The van der Waals surface area contributed by atoms with Crippen LogP contribution >= 0.6 is 0 Å². The summed E-state index contributed by atoms with van der Waals surface area (Å²) in [6.45, 7) is 4.18. The number of anilines is 1. The van der Waals surface area contributed by atoms with E-state index in [9.17, 15) is 17.7 Å². The van der Waals surface area contributed by atoms with Crippen molar-refractivity contribution in [1.82, 2.24) is 9.80 Å². The zero-order chi connectivity index (χ0) is 19.7. The number of carbonyl (C=O) groups excluding carboxylic acids is 1. The average Bonchev–Trinajstić information content (AvgIpc) is 2.48. The summed E-state index contributed by atoms with van der Waals surface area (Å²) in [5.74, 6) is 0. The minimum Gasteiger partial charge on any atom is -0.445 e. The number of rotatable bonds is 3. The van der Waals surface area contributed by atoms with E-state index >= 15 is 0 Å². The van der Waals surface area contributed by atoms with Gasteiger partial charge in [-0.05, 0) is 39.3 Å². The summed E-state index contributed by atoms with van der Waals surface area (Å²) in [7, 11) is 0. The number of piperazine rings is 1. The van der Waals surface area contributed by atoms with Crippen molar-refractivity contribution in [3.05, 3.63) is 23.3 Å². The predicted octanol–water partition coefficient (Wildman–Crippen LogP) is -0.312. The molecule has 1 fully saturated rings. The fourth-order valence-electron chi connectivity index (χ4n) is 2.93. The number of nitrogens with zero attached hydrogens (tertiary/aromatic N) is 2. The SMILES string of the molecule is Cc1c(N)cc(CN2CCN(C(=O)OC(C)(C)C)CC2)cc1[B-](F)(F)F.[K+]. The van der Waals surface area contributed by atoms with E-state index in [0.717, 1.165) is 0 Å². The predicted molar refractivity (Wildman–Crippen MR) is 97.4 cm³/mol. The van der Waals surface area contributed by atoms with Gasteiger partial charge in [0.25, 0.3) is 0 Å². The Morgan fingerprint density at radius 3 is 2.22 bits per heavy atom. The third-order valence-electron chi connectivity index (χ3n) is 4.33. The van der Waals surface area contributed by atoms with Gasteiger partial charge in [0, 0.05) is 38.4 Å². The molecule has 10 heteroatoms. The molecule has 2 N–H and O–H groups in total. The Bertz CT molecular complexity index is 673. The molecular weight excluding hydrogens is 385 g/mol. The van der Waals surface area contributed by atoms with E-state index in [2.05, 4.69) is 0 Å². The molecule has 5 nitrogen and oxygen atoms in total. The van der Waals surface area contributed by atoms with Crippen LogP contribution in [0.4, 0.5) is 23.4 Å². The molecular formula is C17H26BF3KN3O2. The largest absolute Gasteiger partial charge is 1.00 e. The molecule has 0 atom stereocenters. The van der Waals surface area contributed by atoms with Crippen LogP contribution in [0.15, 0.2) is 12.1 Å². The van der Waals surface area contributed by atoms with Crippen LogP contribution in [0.3, 0.4) is 0 Å². The Hall–Kier alpha value is -0.259. The number of ether oxygens (including phenoxy) is 1. The first kappa shape index (κ1) is 24.8. The second-order valence-corrected chi connectivity index (χ2v) is 7.72. The van der Waals surface area contributed by atoms with Crippen molar-refractivity contribution < 1.29 is 73.9 Å². The molecule has 1 aliphatic heterocycles. The summed E-state index contributed by atoms with van der Waals surface area (Å²) < 4.78 is 44.9. The van der Waals surface area contributed by atoms with Crippen molar-refractivity contribution in [3.63, 3.8) is 0 Å². The molecule has 1 aromatic carbocycles. The first-order chi connectivity index (χ1) is 11.9. The van der Waals surface area contributed by atoms with Crippen molar-refractivity contribution in [2.75, 3.05) is 31.9 Å². The van der Waals surface area contributed by atoms with Crippen LogP contribution < -0.4 is 62.6 Å². The molecule has 146 valence electrons. The van der Waals surface area contributed by atoms with Crippen LogP contribution in [-0.2, 0) is 11.3 Å². The summed E-state index contributed by atoms with van der Waals surface area (Å²) in [6, 6.07) is 2.78. The summed E-state index contributed by atoms with van der Waals surface area (Å²) in [5, 5.41) is 0. The van der Waals surface area contributed by atoms with Gasteiger partial charge in [-0.3, -0.25) is 4.90 Å². The van der Waals surface area contributed by atoms with Crippen molar-refractivity contribution >= 4 is 24.2 Å². The standard InChI is InChI=1S/C17H26BF3N3O2.K/c1-12-14(18(19,20)21)9-13(10-15(12)22)11-23-5-7-24(8-6-23)16(25)26-17(2,3)4;/h9-10H,5-8,11,22H2,1-4H3;/q-1;+1. The fourth-order valence-corrected chi connectivity index (χ4v) is 2.93. The zero-order valence-corrected chi connectivity index (χ0v) is 19.8. The van der Waals surface area contributed by atoms with Crippen LogP contribution in [0.2, 0.25) is 0 Å². The number of nitrogen functional groups attached to an aromatic ring is 1. The molecule has 2 rings (SSSR count). The van der Waals surface area contributed by atoms with Gasteiger partial charge in [-0.2, -0.15) is 0 Å². The molecule has 27 heavy (non-hydrogen) atoms. The third-order valence-corrected chi connectivity index (χ3v) is 4.33. The Morgan fingerprint density at radius 2 is 1.74 bits per heavy atom. The molecule has 1 aromatic rings. The Morgan fingerprint density at radius 1 is 1.19 bits per heavy atom. The van der Waals surface area contributed by atoms with E-state index in [1.54, 1.807) is 11.0 Å². The topological polar surface area (TPSA) is 58.8 Å². The third kappa shape index (κ3) is 7.25. The maximum atomic E-state index is 13.2. The molecule has 0 aliphatic carbocycles. The Balaban J connectivity index is 0.00000364. The molecule has 0 unspecified atom stereocenters. The fraction of sp³-hybridized carbons (Fsp3) is 0.588. The van der Waals surface area contributed by atoms with Gasteiger partial charge in [-0.15, -0.1) is 5.46 Å². The number of benzene rings is 1. The number of halogens is 3. The van der Waals surface area contributed by atoms with Crippen LogP contribution in [0, 0.1) is 6.92 Å². The van der Waals surface area contributed by atoms with Crippen LogP contribution in [0.5, 0.6) is 0 Å². The van der Waals surface area contributed by atoms with E-state index in [-0.39, 0.29) is 68.7 Å². The first-order valence-corrected chi connectivity index (χ1v) is 8.66. The molecule has 0 radical (unpaired) electrons. The average molecular weight is 411 g/mol. The molecule has 1 aliphatic rings. The molecule has 1 saturated heterocycles. The van der Waals surface area contributed by atoms with Gasteiger partial charge in [0.15, 0.2) is 0 Å². The number of hydrogen-bond donors (Lipinski definition) is 1. The van der Waals surface area contributed by atoms with Gasteiger partial charge in [-0.1, -0.05) is 11.6 Å². The quantitative estimate of drug-likeness (QED) is 0.548. The Labute approximate surface area is 201 Å². The van der Waals surface area contributed by atoms with E-state index < -0.39 is 18.0 Å². The molecule has 0 aromatic heterocycles. The minimum atomic E-state index is -5.10. The van der Waals surface area contributed by atoms with E-state index in [4.69, 9.17) is 10.5 Å². The smallest absolute Gasteiger partial charge is 0.445 e. The van der Waals surface area contributed by atoms with Crippen molar-refractivity contribution in [3.8, 4) is 0 Å². The zero-order valence-electron chi connectivity index (χ0n) is 16.7. The minimum absolute atomic E-state index is 0. The summed E-state index contributed by atoms with van der Waals surface area (Å²) >= 11 is 0. The van der Waals surface area contributed by atoms with E-state index in [1.807, 2.05) is 25.7 Å². The van der Waals surface area contributed by atoms with Gasteiger partial charge in [-0.25, -0.2) is 4.79 Å². The summed E-state index contributed by atoms with van der Waals surface area (Å²) in [4.78, 5) is 15.7. The van der Waals surface area contributed by atoms with Gasteiger partial charge < -0.3 is 28.3 Å². The van der Waals surface area contributed by atoms with Crippen LogP contribution in [0.1, 0.15) is 31.9 Å². The number of amides is 1. The number of nitrogens with two attached hydrogens (primary N) is 1. The summed E-state index contributed by atoms with van der Waals surface area (Å²) in [6.07, 6.45) is -0.362. The summed E-state index contributed by atoms with van der Waals surface area (Å²) in [5.41, 5.74) is 5.35. The second-order valence-electron chi connectivity index (χ2n) is 7.72. The monoisotopic (exact) mass is 411 g/mol. The van der Waals surface area contributed by atoms with E-state index in [0.29, 0.717) is 38.3 Å². The van der Waals surface area contributed by atoms with Crippen molar-refractivity contribution in [2.45, 2.75) is 39.8 Å². The van der Waals surface area contributed by atoms with E-state index in [1.165, 1.54) is 13.0 Å². The van der Waals surface area contributed by atoms with Crippen molar-refractivity contribution in [2.24, 2.45) is 0 Å². The molecule has 0 bridgehead atoms. The van der Waals surface area contributed by atoms with Crippen LogP contribution in [-0.4, -0.2) is 54.7 Å². The van der Waals surface area contributed by atoms with Gasteiger partial charge >= 0.3 is 64.5 Å². The normalized spacial score (nSPS) is 16.0. The van der Waals surface area contributed by atoms with Gasteiger partial charge in [0.1, 0.15) is 5.60 Å². The molecule has 1 amide bonds. The van der Waals surface area contributed by atoms with Gasteiger partial charge in [0.05, 0.1) is 0 Å². The second kappa shape index (κ2) is 9.49. The maximum absolute atomic E-state index is 13.2. The first-order valence-electron chi connectivity index (χ1n) is 8.66. The van der Waals surface area contributed by atoms with Crippen LogP contribution in [0.25, 0.3) is 0 Å². The van der Waals surface area contributed by atoms with Gasteiger partial charge in [0.2, 0.25) is 0 Å². The number of carbonyl (C=O) groups is 1.